The van der Waals surface area contributed by atoms with Crippen molar-refractivity contribution in [3.8, 4) is 17.2 Å². The van der Waals surface area contributed by atoms with Crippen molar-refractivity contribution < 1.29 is 28.5 Å². The minimum Gasteiger partial charge on any atom is -0.493 e. The molecular formula is C31H32N2O6. The van der Waals surface area contributed by atoms with E-state index in [0.29, 0.717) is 28.5 Å². The lowest BCUT2D eigenvalue weighted by molar-refractivity contribution is -0.145. The average molecular weight is 529 g/mol. The summed E-state index contributed by atoms with van der Waals surface area (Å²) in [5, 5.41) is 6.62. The fourth-order valence-corrected chi connectivity index (χ4v) is 6.25. The molecule has 2 aliphatic heterocycles. The van der Waals surface area contributed by atoms with Crippen LogP contribution in [0.25, 0.3) is 6.08 Å². The molecule has 3 aromatic rings. The number of hydrogen-bond acceptors (Lipinski definition) is 7. The Kier molecular flexibility index (Phi) is 7.06. The first-order valence-electron chi connectivity index (χ1n) is 12.8. The van der Waals surface area contributed by atoms with Gasteiger partial charge in [0.25, 0.3) is 0 Å². The van der Waals surface area contributed by atoms with Crippen LogP contribution in [0.5, 0.6) is 17.2 Å². The summed E-state index contributed by atoms with van der Waals surface area (Å²) >= 11 is 0. The molecule has 1 saturated heterocycles. The Bertz CT molecular complexity index is 1400. The van der Waals surface area contributed by atoms with Gasteiger partial charge in [-0.1, -0.05) is 55.1 Å². The van der Waals surface area contributed by atoms with E-state index in [1.165, 1.54) is 7.11 Å². The van der Waals surface area contributed by atoms with Crippen molar-refractivity contribution in [2.75, 3.05) is 33.3 Å². The number of ether oxygens (including phenoxy) is 4. The van der Waals surface area contributed by atoms with Crippen LogP contribution in [-0.4, -0.2) is 45.9 Å². The minimum absolute atomic E-state index is 0.209. The molecule has 202 valence electrons. The maximum atomic E-state index is 14.4. The Labute approximate surface area is 227 Å². The molecule has 0 radical (unpaired) electrons. The quantitative estimate of drug-likeness (QED) is 0.413. The highest BCUT2D eigenvalue weighted by molar-refractivity contribution is 6.10. The summed E-state index contributed by atoms with van der Waals surface area (Å²) in [7, 11) is 4.62. The number of hydrogen-bond donors (Lipinski definition) is 2. The van der Waals surface area contributed by atoms with Gasteiger partial charge in [-0.15, -0.1) is 0 Å². The summed E-state index contributed by atoms with van der Waals surface area (Å²) in [6.07, 6.45) is 1.74. The standard InChI is InChI=1S/C31H32N2O6/c1-6-18-14-11-15-21-24(18)31(30(35)32-21)25(19-12-9-8-10-13-19)26(29(34)39-7-2)33-28(31)20-16-22(36-3)27(38-5)23(17-20)37-4/h6,8-17,25-26,28,33H,1,7H2,2-5H3,(H,32,35)/t25-,26-,28-,31-/m0/s1. The zero-order valence-electron chi connectivity index (χ0n) is 22.4. The molecule has 1 amide bonds. The molecule has 8 heteroatoms. The SMILES string of the molecule is C=Cc1cccc2c1[C@@]1(C(=O)N2)[C@H](c2cc(OC)c(OC)c(OC)c2)N[C@H](C(=O)OCC)[C@@H]1c1ccccc1. The zero-order chi connectivity index (χ0) is 27.7. The summed E-state index contributed by atoms with van der Waals surface area (Å²) < 4.78 is 22.4. The molecule has 1 spiro atoms. The van der Waals surface area contributed by atoms with Gasteiger partial charge in [0.05, 0.1) is 34.0 Å². The second kappa shape index (κ2) is 10.5. The normalized spacial score (nSPS) is 23.2. The van der Waals surface area contributed by atoms with Crippen LogP contribution < -0.4 is 24.8 Å². The summed E-state index contributed by atoms with van der Waals surface area (Å²) in [4.78, 5) is 28.0. The molecule has 4 atom stereocenters. The van der Waals surface area contributed by atoms with Gasteiger partial charge >= 0.3 is 5.97 Å². The molecule has 2 N–H and O–H groups in total. The Hall–Kier alpha value is -4.30. The van der Waals surface area contributed by atoms with Crippen molar-refractivity contribution in [3.05, 3.63) is 89.5 Å². The highest BCUT2D eigenvalue weighted by atomic mass is 16.5. The third kappa shape index (κ3) is 3.94. The van der Waals surface area contributed by atoms with Gasteiger partial charge in [0.1, 0.15) is 11.5 Å². The smallest absolute Gasteiger partial charge is 0.323 e. The third-order valence-corrected chi connectivity index (χ3v) is 7.70. The number of esters is 1. The zero-order valence-corrected chi connectivity index (χ0v) is 22.4. The minimum atomic E-state index is -1.25. The summed E-state index contributed by atoms with van der Waals surface area (Å²) in [6.45, 7) is 6.01. The first-order valence-corrected chi connectivity index (χ1v) is 12.8. The number of carbonyl (C=O) groups excluding carboxylic acids is 2. The van der Waals surface area contributed by atoms with E-state index in [1.54, 1.807) is 27.2 Å². The van der Waals surface area contributed by atoms with Gasteiger partial charge in [-0.2, -0.15) is 0 Å². The number of amides is 1. The number of nitrogens with one attached hydrogen (secondary N) is 2. The van der Waals surface area contributed by atoms with Crippen LogP contribution >= 0.6 is 0 Å². The summed E-state index contributed by atoms with van der Waals surface area (Å²) in [5.41, 5.74) is 2.54. The molecule has 0 aromatic heterocycles. The van der Waals surface area contributed by atoms with E-state index in [4.69, 9.17) is 18.9 Å². The highest BCUT2D eigenvalue weighted by Gasteiger charge is 2.66. The molecule has 0 aliphatic carbocycles. The van der Waals surface area contributed by atoms with Gasteiger partial charge in [-0.05, 0) is 41.8 Å². The number of rotatable bonds is 8. The van der Waals surface area contributed by atoms with E-state index < -0.39 is 29.4 Å². The number of anilines is 1. The number of carbonyl (C=O) groups is 2. The maximum Gasteiger partial charge on any atom is 0.323 e. The van der Waals surface area contributed by atoms with Crippen molar-refractivity contribution in [3.63, 3.8) is 0 Å². The molecule has 3 aromatic carbocycles. The Balaban J connectivity index is 1.87. The average Bonchev–Trinajstić information content (AvgIpc) is 3.48. The number of benzene rings is 3. The molecule has 0 unspecified atom stereocenters. The molecule has 1 fully saturated rings. The molecule has 2 aliphatic rings. The fraction of sp³-hybridized carbons (Fsp3) is 0.290. The predicted molar refractivity (Wildman–Crippen MR) is 148 cm³/mol. The Morgan fingerprint density at radius 1 is 0.974 bits per heavy atom. The van der Waals surface area contributed by atoms with Crippen LogP contribution in [-0.2, 0) is 19.7 Å². The summed E-state index contributed by atoms with van der Waals surface area (Å²) in [6, 6.07) is 17.4. The third-order valence-electron chi connectivity index (χ3n) is 7.70. The van der Waals surface area contributed by atoms with Gasteiger partial charge in [-0.25, -0.2) is 0 Å². The van der Waals surface area contributed by atoms with Crippen molar-refractivity contribution in [1.29, 1.82) is 0 Å². The molecular weight excluding hydrogens is 496 g/mol. The van der Waals surface area contributed by atoms with E-state index in [-0.39, 0.29) is 12.5 Å². The lowest BCUT2D eigenvalue weighted by Crippen LogP contribution is -2.44. The van der Waals surface area contributed by atoms with Crippen LogP contribution in [0.1, 0.15) is 41.1 Å². The molecule has 2 heterocycles. The van der Waals surface area contributed by atoms with Gasteiger partial charge in [0, 0.05) is 17.2 Å². The molecule has 0 bridgehead atoms. The van der Waals surface area contributed by atoms with Crippen molar-refractivity contribution in [2.45, 2.75) is 30.3 Å². The Morgan fingerprint density at radius 2 is 1.67 bits per heavy atom. The second-order valence-electron chi connectivity index (χ2n) is 9.47. The van der Waals surface area contributed by atoms with Crippen LogP contribution in [0.3, 0.4) is 0 Å². The topological polar surface area (TPSA) is 95.1 Å². The van der Waals surface area contributed by atoms with Gasteiger partial charge in [-0.3, -0.25) is 14.9 Å². The van der Waals surface area contributed by atoms with Gasteiger partial charge < -0.3 is 24.3 Å². The lowest BCUT2D eigenvalue weighted by Gasteiger charge is -2.36. The van der Waals surface area contributed by atoms with E-state index in [0.717, 1.165) is 16.7 Å². The Morgan fingerprint density at radius 3 is 2.26 bits per heavy atom. The molecule has 5 rings (SSSR count). The van der Waals surface area contributed by atoms with E-state index in [1.807, 2.05) is 60.7 Å². The van der Waals surface area contributed by atoms with E-state index in [2.05, 4.69) is 17.2 Å². The summed E-state index contributed by atoms with van der Waals surface area (Å²) in [5.74, 6) is 0.0480. The maximum absolute atomic E-state index is 14.4. The monoisotopic (exact) mass is 528 g/mol. The predicted octanol–water partition coefficient (Wildman–Crippen LogP) is 4.61. The fourth-order valence-electron chi connectivity index (χ4n) is 6.25. The molecule has 8 nitrogen and oxygen atoms in total. The van der Waals surface area contributed by atoms with Crippen molar-refractivity contribution in [2.24, 2.45) is 0 Å². The lowest BCUT2D eigenvalue weighted by atomic mass is 9.62. The van der Waals surface area contributed by atoms with Crippen LogP contribution in [0.15, 0.2) is 67.2 Å². The van der Waals surface area contributed by atoms with Crippen molar-refractivity contribution in [1.82, 2.24) is 5.32 Å². The molecule has 39 heavy (non-hydrogen) atoms. The number of fused-ring (bicyclic) bond motifs is 2. The van der Waals surface area contributed by atoms with Gasteiger partial charge in [0.15, 0.2) is 11.5 Å². The highest BCUT2D eigenvalue weighted by Crippen LogP contribution is 2.61. The van der Waals surface area contributed by atoms with E-state index >= 15 is 0 Å². The number of methoxy groups -OCH3 is 3. The van der Waals surface area contributed by atoms with Crippen molar-refractivity contribution >= 4 is 23.6 Å². The first kappa shape index (κ1) is 26.3. The van der Waals surface area contributed by atoms with Crippen LogP contribution in [0.2, 0.25) is 0 Å². The first-order chi connectivity index (χ1) is 19.0. The van der Waals surface area contributed by atoms with Gasteiger partial charge in [0.2, 0.25) is 11.7 Å². The largest absolute Gasteiger partial charge is 0.493 e. The van der Waals surface area contributed by atoms with E-state index in [9.17, 15) is 9.59 Å². The van der Waals surface area contributed by atoms with Crippen LogP contribution in [0.4, 0.5) is 5.69 Å². The molecule has 0 saturated carbocycles. The second-order valence-corrected chi connectivity index (χ2v) is 9.47. The van der Waals surface area contributed by atoms with Crippen LogP contribution in [0, 0.1) is 0 Å².